The van der Waals surface area contributed by atoms with Gasteiger partial charge in [0.2, 0.25) is 6.10 Å². The second-order valence-electron chi connectivity index (χ2n) is 8.77. The Labute approximate surface area is 221 Å². The Morgan fingerprint density at radius 2 is 1.32 bits per heavy atom. The molecule has 0 aliphatic heterocycles. The summed E-state index contributed by atoms with van der Waals surface area (Å²) in [6.45, 7) is 3.47. The topological polar surface area (TPSA) is 93.7 Å². The highest BCUT2D eigenvalue weighted by Gasteiger charge is 2.25. The Hall–Kier alpha value is -4.91. The second-order valence-corrected chi connectivity index (χ2v) is 8.77. The van der Waals surface area contributed by atoms with E-state index in [2.05, 4.69) is 10.6 Å². The van der Waals surface area contributed by atoms with Gasteiger partial charge in [-0.1, -0.05) is 54.6 Å². The first-order chi connectivity index (χ1) is 18.4. The van der Waals surface area contributed by atoms with Crippen molar-refractivity contribution < 1.29 is 23.9 Å². The number of carbonyl (C=O) groups excluding carboxylic acids is 3. The van der Waals surface area contributed by atoms with Gasteiger partial charge in [0.15, 0.2) is 0 Å². The smallest absolute Gasteiger partial charge is 0.326 e. The first kappa shape index (κ1) is 26.2. The number of hydrogen-bond acceptors (Lipinski definition) is 5. The Morgan fingerprint density at radius 3 is 1.95 bits per heavy atom. The van der Waals surface area contributed by atoms with Gasteiger partial charge in [0, 0.05) is 16.8 Å². The summed E-state index contributed by atoms with van der Waals surface area (Å²) in [4.78, 5) is 38.3. The molecule has 0 radical (unpaired) electrons. The lowest BCUT2D eigenvalue weighted by Crippen LogP contribution is -2.33. The van der Waals surface area contributed by atoms with Crippen LogP contribution in [0, 0.1) is 13.8 Å². The summed E-state index contributed by atoms with van der Waals surface area (Å²) < 4.78 is 11.2. The molecule has 2 N–H and O–H groups in total. The van der Waals surface area contributed by atoms with Crippen LogP contribution >= 0.6 is 0 Å². The molecule has 0 unspecified atom stereocenters. The van der Waals surface area contributed by atoms with E-state index >= 15 is 0 Å². The summed E-state index contributed by atoms with van der Waals surface area (Å²) in [5.41, 5.74) is 3.47. The lowest BCUT2D eigenvalue weighted by atomic mass is 10.1. The maximum absolute atomic E-state index is 13.1. The van der Waals surface area contributed by atoms with Crippen LogP contribution in [-0.2, 0) is 14.3 Å². The molecule has 0 spiro atoms. The molecular weight excluding hydrogens is 480 g/mol. The van der Waals surface area contributed by atoms with Gasteiger partial charge in [0.25, 0.3) is 11.8 Å². The number of anilines is 1. The maximum Gasteiger partial charge on any atom is 0.326 e. The molecule has 2 amide bonds. The van der Waals surface area contributed by atoms with Crippen molar-refractivity contribution in [2.24, 2.45) is 0 Å². The number of esters is 1. The molecule has 0 aliphatic rings. The van der Waals surface area contributed by atoms with Gasteiger partial charge in [0.05, 0.1) is 0 Å². The van der Waals surface area contributed by atoms with Gasteiger partial charge < -0.3 is 20.1 Å². The number of para-hydroxylation sites is 1. The summed E-state index contributed by atoms with van der Waals surface area (Å²) in [7, 11) is 0. The van der Waals surface area contributed by atoms with Gasteiger partial charge in [-0.05, 0) is 73.5 Å². The molecular formula is C31H28N2O5. The first-order valence-corrected chi connectivity index (χ1v) is 12.1. The minimum atomic E-state index is -1.18. The Kier molecular flexibility index (Phi) is 8.51. The predicted octanol–water partition coefficient (Wildman–Crippen LogP) is 5.75. The fraction of sp³-hybridized carbons (Fsp3) is 0.129. The van der Waals surface area contributed by atoms with Crippen molar-refractivity contribution in [2.75, 3.05) is 11.9 Å². The predicted molar refractivity (Wildman–Crippen MR) is 145 cm³/mol. The van der Waals surface area contributed by atoms with E-state index < -0.39 is 30.4 Å². The van der Waals surface area contributed by atoms with Gasteiger partial charge in [-0.15, -0.1) is 0 Å². The largest absolute Gasteiger partial charge is 0.457 e. The molecule has 7 nitrogen and oxygen atoms in total. The summed E-state index contributed by atoms with van der Waals surface area (Å²) in [6.07, 6.45) is -1.18. The highest BCUT2D eigenvalue weighted by molar-refractivity contribution is 5.98. The van der Waals surface area contributed by atoms with Crippen LogP contribution in [-0.4, -0.2) is 24.3 Å². The zero-order valence-electron chi connectivity index (χ0n) is 21.1. The van der Waals surface area contributed by atoms with Crippen molar-refractivity contribution in [2.45, 2.75) is 20.0 Å². The average molecular weight is 509 g/mol. The van der Waals surface area contributed by atoms with Crippen molar-refractivity contribution in [1.29, 1.82) is 0 Å². The van der Waals surface area contributed by atoms with E-state index in [0.29, 0.717) is 28.3 Å². The maximum atomic E-state index is 13.1. The third-order valence-electron chi connectivity index (χ3n) is 5.57. The van der Waals surface area contributed by atoms with Gasteiger partial charge in [-0.3, -0.25) is 14.4 Å². The molecule has 0 aromatic heterocycles. The molecule has 0 bridgehead atoms. The molecule has 7 heteroatoms. The SMILES string of the molecule is Cc1cc(C)cc(NC(=O)[C@@H](OC(=O)CNC(=O)c2ccc(Oc3ccccc3)cc2)c2ccccc2)c1. The van der Waals surface area contributed by atoms with Crippen molar-refractivity contribution in [3.8, 4) is 11.5 Å². The molecule has 0 saturated carbocycles. The number of hydrogen-bond donors (Lipinski definition) is 2. The third kappa shape index (κ3) is 7.30. The van der Waals surface area contributed by atoms with Crippen molar-refractivity contribution in [3.05, 3.63) is 125 Å². The number of aryl methyl sites for hydroxylation is 2. The van der Waals surface area contributed by atoms with Crippen LogP contribution < -0.4 is 15.4 Å². The molecule has 0 fully saturated rings. The van der Waals surface area contributed by atoms with Crippen LogP contribution in [0.3, 0.4) is 0 Å². The Bertz CT molecular complexity index is 1380. The van der Waals surface area contributed by atoms with E-state index in [4.69, 9.17) is 9.47 Å². The molecule has 4 aromatic carbocycles. The summed E-state index contributed by atoms with van der Waals surface area (Å²) in [5, 5.41) is 5.37. The average Bonchev–Trinajstić information content (AvgIpc) is 2.91. The van der Waals surface area contributed by atoms with Crippen molar-refractivity contribution in [3.63, 3.8) is 0 Å². The molecule has 0 heterocycles. The van der Waals surface area contributed by atoms with Crippen molar-refractivity contribution in [1.82, 2.24) is 5.32 Å². The van der Waals surface area contributed by atoms with Crippen LogP contribution in [0.25, 0.3) is 0 Å². The number of rotatable bonds is 9. The lowest BCUT2D eigenvalue weighted by Gasteiger charge is -2.19. The minimum Gasteiger partial charge on any atom is -0.457 e. The standard InChI is InChI=1S/C31H28N2O5/c1-21-17-22(2)19-25(18-21)33-31(36)29(23-9-5-3-6-10-23)38-28(34)20-32-30(35)24-13-15-27(16-14-24)37-26-11-7-4-8-12-26/h3-19,29H,20H2,1-2H3,(H,32,35)(H,33,36)/t29-/m0/s1. The minimum absolute atomic E-state index is 0.352. The van der Waals surface area contributed by atoms with Crippen LogP contribution in [0.5, 0.6) is 11.5 Å². The number of carbonyl (C=O) groups is 3. The zero-order valence-corrected chi connectivity index (χ0v) is 21.1. The van der Waals surface area contributed by atoms with Gasteiger partial charge in [0.1, 0.15) is 18.0 Å². The van der Waals surface area contributed by atoms with Gasteiger partial charge in [-0.25, -0.2) is 0 Å². The normalized spacial score (nSPS) is 11.2. The van der Waals surface area contributed by atoms with Crippen LogP contribution in [0.15, 0.2) is 103 Å². The molecule has 0 saturated heterocycles. The molecule has 0 aliphatic carbocycles. The number of nitrogens with one attached hydrogen (secondary N) is 2. The third-order valence-corrected chi connectivity index (χ3v) is 5.57. The summed E-state index contributed by atoms with van der Waals surface area (Å²) in [5.74, 6) is -0.430. The van der Waals surface area contributed by atoms with E-state index in [1.807, 2.05) is 62.4 Å². The molecule has 192 valence electrons. The van der Waals surface area contributed by atoms with Crippen LogP contribution in [0.1, 0.15) is 33.2 Å². The lowest BCUT2D eigenvalue weighted by molar-refractivity contribution is -0.153. The molecule has 4 aromatic rings. The molecule has 1 atom stereocenters. The van der Waals surface area contributed by atoms with E-state index in [1.54, 1.807) is 54.6 Å². The zero-order chi connectivity index (χ0) is 26.9. The fourth-order valence-corrected chi connectivity index (χ4v) is 3.88. The summed E-state index contributed by atoms with van der Waals surface area (Å²) in [6, 6.07) is 30.2. The Morgan fingerprint density at radius 1 is 0.737 bits per heavy atom. The highest BCUT2D eigenvalue weighted by Crippen LogP contribution is 2.23. The fourth-order valence-electron chi connectivity index (χ4n) is 3.88. The monoisotopic (exact) mass is 508 g/mol. The molecule has 4 rings (SSSR count). The first-order valence-electron chi connectivity index (χ1n) is 12.1. The van der Waals surface area contributed by atoms with Gasteiger partial charge in [-0.2, -0.15) is 0 Å². The van der Waals surface area contributed by atoms with E-state index in [9.17, 15) is 14.4 Å². The second kappa shape index (κ2) is 12.4. The quantitative estimate of drug-likeness (QED) is 0.281. The van der Waals surface area contributed by atoms with E-state index in [0.717, 1.165) is 11.1 Å². The van der Waals surface area contributed by atoms with Crippen LogP contribution in [0.4, 0.5) is 5.69 Å². The van der Waals surface area contributed by atoms with E-state index in [1.165, 1.54) is 0 Å². The Balaban J connectivity index is 1.36. The number of ether oxygens (including phenoxy) is 2. The van der Waals surface area contributed by atoms with Crippen LogP contribution in [0.2, 0.25) is 0 Å². The van der Waals surface area contributed by atoms with Crippen molar-refractivity contribution >= 4 is 23.5 Å². The number of amides is 2. The van der Waals surface area contributed by atoms with E-state index in [-0.39, 0.29) is 0 Å². The summed E-state index contributed by atoms with van der Waals surface area (Å²) >= 11 is 0. The number of benzene rings is 4. The molecule has 38 heavy (non-hydrogen) atoms. The highest BCUT2D eigenvalue weighted by atomic mass is 16.5. The van der Waals surface area contributed by atoms with Gasteiger partial charge >= 0.3 is 5.97 Å².